The van der Waals surface area contributed by atoms with E-state index in [1.165, 1.54) is 12.1 Å². The number of anilines is 1. The molecule has 76 valence electrons. The molecule has 1 aromatic carbocycles. The van der Waals surface area contributed by atoms with Gasteiger partial charge < -0.3 is 5.32 Å². The normalized spacial score (nSPS) is 10.3. The quantitative estimate of drug-likeness (QED) is 0.599. The van der Waals surface area contributed by atoms with Crippen LogP contribution in [-0.4, -0.2) is 11.0 Å². The fraction of sp³-hybridized carbons (Fsp3) is 0.333. The molecule has 0 amide bonds. The minimum atomic E-state index is -0.815. The summed E-state index contributed by atoms with van der Waals surface area (Å²) in [6.07, 6.45) is 0. The average Bonchev–Trinajstić information content (AvgIpc) is 2.07. The highest BCUT2D eigenvalue weighted by molar-refractivity contribution is 5.52. The van der Waals surface area contributed by atoms with Crippen molar-refractivity contribution in [3.63, 3.8) is 0 Å². The smallest absolute Gasteiger partial charge is 0.306 e. The fourth-order valence-corrected chi connectivity index (χ4v) is 1.08. The minimum absolute atomic E-state index is 0.153. The lowest BCUT2D eigenvalue weighted by molar-refractivity contribution is -0.387. The second-order valence-electron chi connectivity index (χ2n) is 3.22. The third kappa shape index (κ3) is 2.42. The van der Waals surface area contributed by atoms with Crippen LogP contribution >= 0.6 is 0 Å². The molecule has 1 rings (SSSR count). The number of nitro benzene ring substituents is 1. The van der Waals surface area contributed by atoms with Gasteiger partial charge in [-0.15, -0.1) is 0 Å². The van der Waals surface area contributed by atoms with Gasteiger partial charge in [0.2, 0.25) is 5.82 Å². The zero-order valence-electron chi connectivity index (χ0n) is 7.95. The number of nitrogens with zero attached hydrogens (tertiary/aromatic N) is 1. The standard InChI is InChI=1S/C9H11FN2O2/c1-6(2)11-7-3-4-8(10)9(5-7)12(13)14/h3-6,11H,1-2H3. The summed E-state index contributed by atoms with van der Waals surface area (Å²) < 4.78 is 12.9. The first kappa shape index (κ1) is 10.4. The van der Waals surface area contributed by atoms with Crippen LogP contribution in [0.15, 0.2) is 18.2 Å². The number of hydrogen-bond acceptors (Lipinski definition) is 3. The summed E-state index contributed by atoms with van der Waals surface area (Å²) in [5.74, 6) is -0.815. The number of hydrogen-bond donors (Lipinski definition) is 1. The zero-order valence-corrected chi connectivity index (χ0v) is 7.95. The Morgan fingerprint density at radius 2 is 2.14 bits per heavy atom. The van der Waals surface area contributed by atoms with E-state index in [0.717, 1.165) is 6.07 Å². The molecule has 0 atom stereocenters. The van der Waals surface area contributed by atoms with Gasteiger partial charge in [-0.3, -0.25) is 10.1 Å². The predicted molar refractivity (Wildman–Crippen MR) is 51.8 cm³/mol. The number of halogens is 1. The molecule has 0 fully saturated rings. The van der Waals surface area contributed by atoms with Crippen molar-refractivity contribution in [2.45, 2.75) is 19.9 Å². The van der Waals surface area contributed by atoms with E-state index in [0.29, 0.717) is 5.69 Å². The fourth-order valence-electron chi connectivity index (χ4n) is 1.08. The Morgan fingerprint density at radius 3 is 2.64 bits per heavy atom. The zero-order chi connectivity index (χ0) is 10.7. The molecule has 0 radical (unpaired) electrons. The second-order valence-corrected chi connectivity index (χ2v) is 3.22. The molecule has 0 aliphatic carbocycles. The van der Waals surface area contributed by atoms with Crippen LogP contribution in [0.3, 0.4) is 0 Å². The van der Waals surface area contributed by atoms with E-state index in [-0.39, 0.29) is 6.04 Å². The highest BCUT2D eigenvalue weighted by atomic mass is 19.1. The summed E-state index contributed by atoms with van der Waals surface area (Å²) in [5, 5.41) is 13.4. The van der Waals surface area contributed by atoms with Crippen LogP contribution in [0.1, 0.15) is 13.8 Å². The predicted octanol–water partition coefficient (Wildman–Crippen LogP) is 2.55. The van der Waals surface area contributed by atoms with E-state index in [4.69, 9.17) is 0 Å². The molecule has 0 aliphatic heterocycles. The first-order chi connectivity index (χ1) is 6.50. The van der Waals surface area contributed by atoms with E-state index in [2.05, 4.69) is 5.32 Å². The molecule has 0 saturated carbocycles. The molecule has 0 aromatic heterocycles. The summed E-state index contributed by atoms with van der Waals surface area (Å²) in [7, 11) is 0. The molecule has 0 heterocycles. The average molecular weight is 198 g/mol. The molecule has 0 saturated heterocycles. The van der Waals surface area contributed by atoms with Crippen molar-refractivity contribution in [1.29, 1.82) is 0 Å². The minimum Gasteiger partial charge on any atom is -0.383 e. The monoisotopic (exact) mass is 198 g/mol. The van der Waals surface area contributed by atoms with Gasteiger partial charge in [0, 0.05) is 17.8 Å². The highest BCUT2D eigenvalue weighted by Gasteiger charge is 2.14. The molecule has 14 heavy (non-hydrogen) atoms. The Kier molecular flexibility index (Phi) is 3.01. The maximum atomic E-state index is 12.9. The van der Waals surface area contributed by atoms with Gasteiger partial charge in [0.1, 0.15) is 0 Å². The van der Waals surface area contributed by atoms with Crippen LogP contribution in [-0.2, 0) is 0 Å². The maximum absolute atomic E-state index is 12.9. The van der Waals surface area contributed by atoms with Gasteiger partial charge in [-0.1, -0.05) is 0 Å². The number of rotatable bonds is 3. The van der Waals surface area contributed by atoms with E-state index in [1.54, 1.807) is 0 Å². The van der Waals surface area contributed by atoms with Crippen molar-refractivity contribution >= 4 is 11.4 Å². The number of nitrogens with one attached hydrogen (secondary N) is 1. The summed E-state index contributed by atoms with van der Waals surface area (Å²) in [6.45, 7) is 3.80. The van der Waals surface area contributed by atoms with E-state index in [1.807, 2.05) is 13.8 Å². The van der Waals surface area contributed by atoms with Crippen LogP contribution < -0.4 is 5.32 Å². The van der Waals surface area contributed by atoms with Crippen molar-refractivity contribution in [1.82, 2.24) is 0 Å². The topological polar surface area (TPSA) is 55.2 Å². The van der Waals surface area contributed by atoms with Crippen molar-refractivity contribution in [2.24, 2.45) is 0 Å². The SMILES string of the molecule is CC(C)Nc1ccc(F)c([N+](=O)[O-])c1. The van der Waals surface area contributed by atoms with Crippen molar-refractivity contribution in [3.05, 3.63) is 34.1 Å². The van der Waals surface area contributed by atoms with Crippen molar-refractivity contribution < 1.29 is 9.31 Å². The molecule has 1 N–H and O–H groups in total. The lowest BCUT2D eigenvalue weighted by Gasteiger charge is -2.09. The number of benzene rings is 1. The molecule has 4 nitrogen and oxygen atoms in total. The molecule has 0 bridgehead atoms. The molecule has 0 aliphatic rings. The molecular formula is C9H11FN2O2. The Hall–Kier alpha value is -1.65. The summed E-state index contributed by atoms with van der Waals surface area (Å²) >= 11 is 0. The summed E-state index contributed by atoms with van der Waals surface area (Å²) in [4.78, 5) is 9.66. The Morgan fingerprint density at radius 1 is 1.50 bits per heavy atom. The first-order valence-electron chi connectivity index (χ1n) is 4.21. The van der Waals surface area contributed by atoms with Gasteiger partial charge in [-0.25, -0.2) is 0 Å². The largest absolute Gasteiger partial charge is 0.383 e. The first-order valence-corrected chi connectivity index (χ1v) is 4.21. The Labute approximate surface area is 80.9 Å². The van der Waals surface area contributed by atoms with Gasteiger partial charge in [-0.05, 0) is 26.0 Å². The van der Waals surface area contributed by atoms with Crippen LogP contribution in [0.5, 0.6) is 0 Å². The molecule has 0 spiro atoms. The van der Waals surface area contributed by atoms with Crippen LogP contribution in [0, 0.1) is 15.9 Å². The summed E-state index contributed by atoms with van der Waals surface area (Å²) in [5.41, 5.74) is 0.0451. The van der Waals surface area contributed by atoms with Crippen LogP contribution in [0.4, 0.5) is 15.8 Å². The molecule has 0 unspecified atom stereocenters. The van der Waals surface area contributed by atoms with Crippen LogP contribution in [0.25, 0.3) is 0 Å². The van der Waals surface area contributed by atoms with Crippen molar-refractivity contribution in [2.75, 3.05) is 5.32 Å². The highest BCUT2D eigenvalue weighted by Crippen LogP contribution is 2.21. The Bertz CT molecular complexity index is 353. The van der Waals surface area contributed by atoms with E-state index >= 15 is 0 Å². The third-order valence-corrected chi connectivity index (χ3v) is 1.60. The second kappa shape index (κ2) is 4.04. The van der Waals surface area contributed by atoms with Gasteiger partial charge >= 0.3 is 5.69 Å². The van der Waals surface area contributed by atoms with Crippen LogP contribution in [0.2, 0.25) is 0 Å². The van der Waals surface area contributed by atoms with Gasteiger partial charge in [0.05, 0.1) is 4.92 Å². The molecule has 1 aromatic rings. The number of nitro groups is 1. The van der Waals surface area contributed by atoms with Gasteiger partial charge in [0.25, 0.3) is 0 Å². The lowest BCUT2D eigenvalue weighted by atomic mass is 10.2. The van der Waals surface area contributed by atoms with Crippen molar-refractivity contribution in [3.8, 4) is 0 Å². The van der Waals surface area contributed by atoms with E-state index < -0.39 is 16.4 Å². The third-order valence-electron chi connectivity index (χ3n) is 1.60. The Balaban J connectivity index is 3.00. The summed E-state index contributed by atoms with van der Waals surface area (Å²) in [6, 6.07) is 3.90. The van der Waals surface area contributed by atoms with Gasteiger partial charge in [0.15, 0.2) is 0 Å². The maximum Gasteiger partial charge on any atom is 0.306 e. The van der Waals surface area contributed by atoms with E-state index in [9.17, 15) is 14.5 Å². The molecular weight excluding hydrogens is 187 g/mol. The van der Waals surface area contributed by atoms with Gasteiger partial charge in [-0.2, -0.15) is 4.39 Å². The lowest BCUT2D eigenvalue weighted by Crippen LogP contribution is -2.09. The molecule has 5 heteroatoms.